The van der Waals surface area contributed by atoms with Gasteiger partial charge < -0.3 is 15.4 Å². The molecule has 0 aliphatic carbocycles. The number of anilines is 1. The van der Waals surface area contributed by atoms with Gasteiger partial charge >= 0.3 is 5.82 Å². The number of nitrogens with zero attached hydrogens (tertiary/aromatic N) is 3. The lowest BCUT2D eigenvalue weighted by molar-refractivity contribution is -0.390. The number of benzene rings is 1. The number of para-hydroxylation sites is 1. The topological polar surface area (TPSA) is 90.1 Å². The molecule has 1 aromatic carbocycles. The largest absolute Gasteiger partial charge is 0.404 e. The number of nitro groups is 1. The molecule has 1 amide bonds. The number of hydrogen-bond acceptors (Lipinski definition) is 4. The first-order valence-corrected chi connectivity index (χ1v) is 6.08. The van der Waals surface area contributed by atoms with Crippen LogP contribution in [0.4, 0.5) is 11.5 Å². The lowest BCUT2D eigenvalue weighted by Crippen LogP contribution is -2.19. The second-order valence-electron chi connectivity index (χ2n) is 3.67. The van der Waals surface area contributed by atoms with Gasteiger partial charge in [0.25, 0.3) is 0 Å². The number of amides is 1. The van der Waals surface area contributed by atoms with Gasteiger partial charge in [0.2, 0.25) is 5.91 Å². The first-order chi connectivity index (χ1) is 9.06. The maximum absolute atomic E-state index is 11.7. The zero-order chi connectivity index (χ0) is 13.8. The maximum Gasteiger partial charge on any atom is 0.404 e. The van der Waals surface area contributed by atoms with Crippen LogP contribution >= 0.6 is 15.9 Å². The molecule has 0 bridgehead atoms. The average Bonchev–Trinajstić information content (AvgIpc) is 2.71. The highest BCUT2D eigenvalue weighted by Crippen LogP contribution is 2.21. The number of rotatable bonds is 4. The van der Waals surface area contributed by atoms with E-state index in [1.807, 2.05) is 6.07 Å². The Morgan fingerprint density at radius 2 is 2.11 bits per heavy atom. The van der Waals surface area contributed by atoms with E-state index in [9.17, 15) is 14.9 Å². The van der Waals surface area contributed by atoms with E-state index in [2.05, 4.69) is 26.3 Å². The van der Waals surface area contributed by atoms with Crippen LogP contribution < -0.4 is 5.32 Å². The molecule has 19 heavy (non-hydrogen) atoms. The van der Waals surface area contributed by atoms with Crippen molar-refractivity contribution >= 4 is 33.3 Å². The molecule has 8 heteroatoms. The van der Waals surface area contributed by atoms with Crippen LogP contribution in [0.2, 0.25) is 0 Å². The minimum Gasteiger partial charge on any atom is -0.358 e. The Morgan fingerprint density at radius 1 is 1.42 bits per heavy atom. The minimum absolute atomic E-state index is 0.0959. The van der Waals surface area contributed by atoms with Crippen molar-refractivity contribution < 1.29 is 9.72 Å². The lowest BCUT2D eigenvalue weighted by atomic mass is 10.3. The number of hydrogen-bond donors (Lipinski definition) is 1. The molecule has 0 saturated carbocycles. The third-order valence-electron chi connectivity index (χ3n) is 2.24. The fourth-order valence-electron chi connectivity index (χ4n) is 1.46. The van der Waals surface area contributed by atoms with Gasteiger partial charge in [-0.15, -0.1) is 0 Å². The number of aromatic nitrogens is 2. The normalized spacial score (nSPS) is 10.2. The van der Waals surface area contributed by atoms with Crippen molar-refractivity contribution in [2.75, 3.05) is 5.32 Å². The molecule has 0 atom stereocenters. The summed E-state index contributed by atoms with van der Waals surface area (Å²) in [6, 6.07) is 8.93. The van der Waals surface area contributed by atoms with E-state index in [1.165, 1.54) is 10.9 Å². The molecule has 98 valence electrons. The molecule has 0 spiro atoms. The first-order valence-electron chi connectivity index (χ1n) is 5.28. The molecule has 0 aliphatic rings. The fraction of sp³-hybridized carbons (Fsp3) is 0.0909. The van der Waals surface area contributed by atoms with Gasteiger partial charge in [-0.1, -0.05) is 18.2 Å². The average molecular weight is 325 g/mol. The summed E-state index contributed by atoms with van der Waals surface area (Å²) in [5, 5.41) is 17.0. The first kappa shape index (κ1) is 13.2. The maximum atomic E-state index is 11.7. The van der Waals surface area contributed by atoms with Gasteiger partial charge in [0.05, 0.1) is 11.3 Å². The summed E-state index contributed by atoms with van der Waals surface area (Å²) in [5.41, 5.74) is 0.660. The van der Waals surface area contributed by atoms with Crippen molar-refractivity contribution in [3.63, 3.8) is 0 Å². The van der Waals surface area contributed by atoms with Gasteiger partial charge in [-0.2, -0.15) is 4.68 Å². The van der Waals surface area contributed by atoms with Crippen molar-refractivity contribution in [3.8, 4) is 0 Å². The molecular weight excluding hydrogens is 316 g/mol. The number of halogens is 1. The Labute approximate surface area is 116 Å². The van der Waals surface area contributed by atoms with Crippen molar-refractivity contribution in [1.29, 1.82) is 0 Å². The summed E-state index contributed by atoms with van der Waals surface area (Å²) in [6.07, 6.45) is 1.39. The molecule has 1 heterocycles. The Kier molecular flexibility index (Phi) is 3.91. The summed E-state index contributed by atoms with van der Waals surface area (Å²) in [6.45, 7) is -0.0959. The molecule has 2 rings (SSSR count). The molecule has 0 saturated heterocycles. The van der Waals surface area contributed by atoms with E-state index in [0.29, 0.717) is 5.69 Å². The molecule has 0 unspecified atom stereocenters. The highest BCUT2D eigenvalue weighted by Gasteiger charge is 2.19. The van der Waals surface area contributed by atoms with Crippen LogP contribution in [-0.4, -0.2) is 20.6 Å². The van der Waals surface area contributed by atoms with Gasteiger partial charge in [0, 0.05) is 5.69 Å². The van der Waals surface area contributed by atoms with Gasteiger partial charge in [-0.3, -0.25) is 4.79 Å². The molecule has 0 radical (unpaired) electrons. The summed E-state index contributed by atoms with van der Waals surface area (Å²) < 4.78 is 1.45. The van der Waals surface area contributed by atoms with Gasteiger partial charge in [-0.05, 0) is 33.0 Å². The quantitative estimate of drug-likeness (QED) is 0.689. The zero-order valence-corrected chi connectivity index (χ0v) is 11.2. The Balaban J connectivity index is 2.03. The second kappa shape index (κ2) is 5.61. The van der Waals surface area contributed by atoms with Crippen molar-refractivity contribution in [2.24, 2.45) is 0 Å². The van der Waals surface area contributed by atoms with E-state index in [4.69, 9.17) is 0 Å². The van der Waals surface area contributed by atoms with E-state index in [1.54, 1.807) is 24.3 Å². The standard InChI is InChI=1S/C11H9BrN4O3/c12-9-6-15(14-11(9)16(18)19)7-10(17)13-8-4-2-1-3-5-8/h1-6H,7H2,(H,13,17). The Morgan fingerprint density at radius 3 is 2.68 bits per heavy atom. The summed E-state index contributed by atoms with van der Waals surface area (Å²) in [4.78, 5) is 21.7. The van der Waals surface area contributed by atoms with E-state index >= 15 is 0 Å². The number of carbonyl (C=O) groups excluding carboxylic acids is 1. The van der Waals surface area contributed by atoms with Gasteiger partial charge in [-0.25, -0.2) is 0 Å². The van der Waals surface area contributed by atoms with E-state index in [0.717, 1.165) is 0 Å². The van der Waals surface area contributed by atoms with Crippen molar-refractivity contribution in [1.82, 2.24) is 9.78 Å². The number of nitrogens with one attached hydrogen (secondary N) is 1. The third kappa shape index (κ3) is 3.38. The third-order valence-corrected chi connectivity index (χ3v) is 2.79. The van der Waals surface area contributed by atoms with E-state index < -0.39 is 4.92 Å². The zero-order valence-electron chi connectivity index (χ0n) is 9.62. The fourth-order valence-corrected chi connectivity index (χ4v) is 1.92. The molecule has 2 aromatic rings. The Bertz CT molecular complexity index is 612. The van der Waals surface area contributed by atoms with Crippen LogP contribution in [0.15, 0.2) is 41.0 Å². The van der Waals surface area contributed by atoms with Crippen LogP contribution in [0.3, 0.4) is 0 Å². The van der Waals surface area contributed by atoms with Gasteiger partial charge in [0.15, 0.2) is 0 Å². The summed E-state index contributed by atoms with van der Waals surface area (Å²) in [7, 11) is 0. The molecular formula is C11H9BrN4O3. The Hall–Kier alpha value is -2.22. The monoisotopic (exact) mass is 324 g/mol. The van der Waals surface area contributed by atoms with E-state index in [-0.39, 0.29) is 22.7 Å². The van der Waals surface area contributed by atoms with Crippen LogP contribution in [-0.2, 0) is 11.3 Å². The SMILES string of the molecule is O=C(Cn1cc(Br)c([N+](=O)[O-])n1)Nc1ccccc1. The predicted molar refractivity (Wildman–Crippen MR) is 71.7 cm³/mol. The molecule has 0 aliphatic heterocycles. The van der Waals surface area contributed by atoms with Crippen LogP contribution in [0, 0.1) is 10.1 Å². The minimum atomic E-state index is -0.615. The van der Waals surface area contributed by atoms with Crippen LogP contribution in [0.5, 0.6) is 0 Å². The second-order valence-corrected chi connectivity index (χ2v) is 4.52. The molecule has 1 N–H and O–H groups in total. The summed E-state index contributed by atoms with van der Waals surface area (Å²) in [5.74, 6) is -0.622. The van der Waals surface area contributed by atoms with Crippen LogP contribution in [0.1, 0.15) is 0 Å². The lowest BCUT2D eigenvalue weighted by Gasteiger charge is -2.02. The molecule has 0 fully saturated rings. The smallest absolute Gasteiger partial charge is 0.358 e. The summed E-state index contributed by atoms with van der Waals surface area (Å²) >= 11 is 3.02. The van der Waals surface area contributed by atoms with Crippen molar-refractivity contribution in [2.45, 2.75) is 6.54 Å². The highest BCUT2D eigenvalue weighted by atomic mass is 79.9. The molecule has 7 nitrogen and oxygen atoms in total. The molecule has 1 aromatic heterocycles. The van der Waals surface area contributed by atoms with Crippen molar-refractivity contribution in [3.05, 3.63) is 51.1 Å². The van der Waals surface area contributed by atoms with Crippen LogP contribution in [0.25, 0.3) is 0 Å². The predicted octanol–water partition coefficient (Wildman–Crippen LogP) is 2.19. The van der Waals surface area contributed by atoms with Gasteiger partial charge in [0.1, 0.15) is 11.0 Å². The highest BCUT2D eigenvalue weighted by molar-refractivity contribution is 9.10. The number of carbonyl (C=O) groups is 1.